The number of amides is 1. The highest BCUT2D eigenvalue weighted by Crippen LogP contribution is 2.16. The lowest BCUT2D eigenvalue weighted by Crippen LogP contribution is -2.45. The minimum absolute atomic E-state index is 0.0233. The van der Waals surface area contributed by atoms with Crippen LogP contribution in [0.1, 0.15) is 284 Å². The van der Waals surface area contributed by atoms with Crippen molar-refractivity contribution in [1.29, 1.82) is 0 Å². The molecule has 0 saturated heterocycles. The molecule has 3 N–H and O–H groups in total. The van der Waals surface area contributed by atoms with Crippen molar-refractivity contribution >= 4 is 11.9 Å². The molecule has 0 aliphatic heterocycles. The molecule has 6 heteroatoms. The molecule has 0 aromatic carbocycles. The van der Waals surface area contributed by atoms with Gasteiger partial charge in [-0.2, -0.15) is 0 Å². The molecule has 1 amide bonds. The van der Waals surface area contributed by atoms with Gasteiger partial charge in [0.05, 0.1) is 25.4 Å². The summed E-state index contributed by atoms with van der Waals surface area (Å²) in [6.07, 6.45) is 58.9. The third-order valence-electron chi connectivity index (χ3n) is 12.2. The molecule has 2 unspecified atom stereocenters. The van der Waals surface area contributed by atoms with E-state index in [4.69, 9.17) is 4.74 Å². The average Bonchev–Trinajstić information content (AvgIpc) is 3.25. The van der Waals surface area contributed by atoms with E-state index in [1.165, 1.54) is 199 Å². The Kier molecular flexibility index (Phi) is 48.6. The van der Waals surface area contributed by atoms with Crippen LogP contribution in [-0.2, 0) is 14.3 Å². The van der Waals surface area contributed by atoms with Crippen LogP contribution in [0.2, 0.25) is 0 Å². The number of ether oxygens (including phenoxy) is 1. The Morgan fingerprint density at radius 2 is 0.783 bits per heavy atom. The number of aliphatic hydroxyl groups excluding tert-OH is 2. The van der Waals surface area contributed by atoms with Crippen LogP contribution in [0.25, 0.3) is 0 Å². The molecule has 0 aliphatic carbocycles. The minimum atomic E-state index is -0.857. The molecule has 2 atom stereocenters. The Morgan fingerprint density at radius 3 is 1.18 bits per heavy atom. The van der Waals surface area contributed by atoms with Crippen molar-refractivity contribution in [2.45, 2.75) is 296 Å². The van der Waals surface area contributed by atoms with E-state index < -0.39 is 12.1 Å². The maximum atomic E-state index is 12.4. The first-order valence-corrected chi connectivity index (χ1v) is 26.6. The topological polar surface area (TPSA) is 95.9 Å². The predicted molar refractivity (Wildman–Crippen MR) is 260 cm³/mol. The van der Waals surface area contributed by atoms with Crippen LogP contribution in [0.15, 0.2) is 24.3 Å². The molecule has 0 aromatic rings. The van der Waals surface area contributed by atoms with Crippen molar-refractivity contribution < 1.29 is 24.5 Å². The summed E-state index contributed by atoms with van der Waals surface area (Å²) in [7, 11) is 0. The van der Waals surface area contributed by atoms with E-state index in [-0.39, 0.29) is 18.5 Å². The highest BCUT2D eigenvalue weighted by molar-refractivity contribution is 5.76. The second-order valence-corrected chi connectivity index (χ2v) is 18.2. The third kappa shape index (κ3) is 45.9. The highest BCUT2D eigenvalue weighted by atomic mass is 16.5. The van der Waals surface area contributed by atoms with Gasteiger partial charge in [-0.25, -0.2) is 0 Å². The summed E-state index contributed by atoms with van der Waals surface area (Å²) in [6.45, 7) is 4.86. The van der Waals surface area contributed by atoms with Gasteiger partial charge in [-0.1, -0.05) is 237 Å². The maximum absolute atomic E-state index is 12.4. The number of nitrogens with one attached hydrogen (secondary N) is 1. The molecule has 0 aliphatic rings. The minimum Gasteiger partial charge on any atom is -0.466 e. The number of unbranched alkanes of at least 4 members (excludes halogenated alkanes) is 36. The van der Waals surface area contributed by atoms with Gasteiger partial charge < -0.3 is 20.3 Å². The summed E-state index contributed by atoms with van der Waals surface area (Å²) < 4.78 is 5.45. The van der Waals surface area contributed by atoms with Crippen LogP contribution in [0.5, 0.6) is 0 Å². The summed E-state index contributed by atoms with van der Waals surface area (Å²) in [5, 5.41) is 23.1. The number of allylic oxidation sites excluding steroid dienone is 3. The number of carbonyl (C=O) groups is 2. The third-order valence-corrected chi connectivity index (χ3v) is 12.2. The van der Waals surface area contributed by atoms with Crippen molar-refractivity contribution in [2.24, 2.45) is 0 Å². The van der Waals surface area contributed by atoms with E-state index in [1.54, 1.807) is 6.08 Å². The molecule has 0 radical (unpaired) electrons. The summed E-state index contributed by atoms with van der Waals surface area (Å²) in [5.74, 6) is -0.109. The monoisotopic (exact) mass is 846 g/mol. The SMILES string of the molecule is CCCCCCCC/C=C\CCCCCCCC(=O)OCCCCCCCCCCCCCC(=O)NC(CO)C(O)/C=C/CCCCCCCCCCCCCCCCC. The second-order valence-electron chi connectivity index (χ2n) is 18.2. The van der Waals surface area contributed by atoms with E-state index in [9.17, 15) is 19.8 Å². The summed E-state index contributed by atoms with van der Waals surface area (Å²) in [5.41, 5.74) is 0. The molecule has 0 rings (SSSR count). The van der Waals surface area contributed by atoms with Crippen molar-refractivity contribution in [1.82, 2.24) is 5.32 Å². The molecule has 354 valence electrons. The lowest BCUT2D eigenvalue weighted by Gasteiger charge is -2.20. The summed E-state index contributed by atoms with van der Waals surface area (Å²) in [6, 6.07) is -0.642. The maximum Gasteiger partial charge on any atom is 0.305 e. The fourth-order valence-corrected chi connectivity index (χ4v) is 8.10. The first-order valence-electron chi connectivity index (χ1n) is 26.6. The Hall–Kier alpha value is -1.66. The fraction of sp³-hybridized carbons (Fsp3) is 0.889. The number of hydrogen-bond acceptors (Lipinski definition) is 5. The Morgan fingerprint density at radius 1 is 0.450 bits per heavy atom. The van der Waals surface area contributed by atoms with Gasteiger partial charge >= 0.3 is 5.97 Å². The van der Waals surface area contributed by atoms with Gasteiger partial charge in [0.25, 0.3) is 0 Å². The zero-order valence-corrected chi connectivity index (χ0v) is 40.2. The normalized spacial score (nSPS) is 12.8. The molecule has 0 spiro atoms. The van der Waals surface area contributed by atoms with E-state index in [2.05, 4.69) is 31.3 Å². The van der Waals surface area contributed by atoms with Gasteiger partial charge in [-0.15, -0.1) is 0 Å². The van der Waals surface area contributed by atoms with Crippen LogP contribution in [-0.4, -0.2) is 47.4 Å². The van der Waals surface area contributed by atoms with Gasteiger partial charge in [0.15, 0.2) is 0 Å². The van der Waals surface area contributed by atoms with Gasteiger partial charge in [-0.3, -0.25) is 9.59 Å². The van der Waals surface area contributed by atoms with Crippen LogP contribution >= 0.6 is 0 Å². The van der Waals surface area contributed by atoms with Gasteiger partial charge in [0, 0.05) is 12.8 Å². The van der Waals surface area contributed by atoms with Crippen molar-refractivity contribution in [3.05, 3.63) is 24.3 Å². The molecule has 0 saturated carbocycles. The van der Waals surface area contributed by atoms with Crippen molar-refractivity contribution in [2.75, 3.05) is 13.2 Å². The standard InChI is InChI=1S/C54H103NO5/c1-3-5-7-9-11-13-15-17-19-20-22-23-26-30-34-38-42-46-52(57)51(50-56)55-53(58)47-43-39-35-31-27-25-29-33-37-41-45-49-60-54(59)48-44-40-36-32-28-24-21-18-16-14-12-10-8-6-4-2/h18,21,42,46,51-52,56-57H,3-17,19-20,22-41,43-45,47-50H2,1-2H3,(H,55,58)/b21-18-,46-42+. The predicted octanol–water partition coefficient (Wildman–Crippen LogP) is 15.9. The number of esters is 1. The van der Waals surface area contributed by atoms with E-state index in [0.29, 0.717) is 19.4 Å². The average molecular weight is 846 g/mol. The van der Waals surface area contributed by atoms with Crippen LogP contribution in [0.4, 0.5) is 0 Å². The lowest BCUT2D eigenvalue weighted by molar-refractivity contribution is -0.143. The first kappa shape index (κ1) is 58.3. The number of hydrogen-bond donors (Lipinski definition) is 3. The summed E-state index contributed by atoms with van der Waals surface area (Å²) >= 11 is 0. The van der Waals surface area contributed by atoms with E-state index in [1.807, 2.05) is 6.08 Å². The fourth-order valence-electron chi connectivity index (χ4n) is 8.10. The Labute approximate surface area is 373 Å². The molecule has 60 heavy (non-hydrogen) atoms. The highest BCUT2D eigenvalue weighted by Gasteiger charge is 2.18. The molecule has 0 fully saturated rings. The van der Waals surface area contributed by atoms with Crippen molar-refractivity contribution in [3.63, 3.8) is 0 Å². The summed E-state index contributed by atoms with van der Waals surface area (Å²) in [4.78, 5) is 24.5. The Balaban J connectivity index is 3.51. The van der Waals surface area contributed by atoms with Crippen LogP contribution in [0.3, 0.4) is 0 Å². The van der Waals surface area contributed by atoms with E-state index in [0.717, 1.165) is 57.8 Å². The quantitative estimate of drug-likeness (QED) is 0.0322. The van der Waals surface area contributed by atoms with E-state index >= 15 is 0 Å². The van der Waals surface area contributed by atoms with Crippen LogP contribution < -0.4 is 5.32 Å². The zero-order valence-electron chi connectivity index (χ0n) is 40.2. The zero-order chi connectivity index (χ0) is 43.7. The molecular weight excluding hydrogens is 743 g/mol. The molecule has 0 bridgehead atoms. The smallest absolute Gasteiger partial charge is 0.305 e. The molecule has 0 heterocycles. The largest absolute Gasteiger partial charge is 0.466 e. The molecule has 6 nitrogen and oxygen atoms in total. The lowest BCUT2D eigenvalue weighted by atomic mass is 10.0. The number of rotatable bonds is 49. The van der Waals surface area contributed by atoms with Crippen LogP contribution in [0, 0.1) is 0 Å². The second kappa shape index (κ2) is 50.0. The van der Waals surface area contributed by atoms with Gasteiger partial charge in [0.1, 0.15) is 0 Å². The molecule has 0 aromatic heterocycles. The van der Waals surface area contributed by atoms with Gasteiger partial charge in [0.2, 0.25) is 5.91 Å². The first-order chi connectivity index (χ1) is 29.5. The molecular formula is C54H103NO5. The number of carbonyl (C=O) groups excluding carboxylic acids is 2. The van der Waals surface area contributed by atoms with Crippen molar-refractivity contribution in [3.8, 4) is 0 Å². The number of aliphatic hydroxyl groups is 2. The Bertz CT molecular complexity index is 935. The van der Waals surface area contributed by atoms with Gasteiger partial charge in [-0.05, 0) is 57.8 Å².